The van der Waals surface area contributed by atoms with E-state index in [4.69, 9.17) is 16.6 Å². The number of benzene rings is 1. The molecule has 0 spiro atoms. The van der Waals surface area contributed by atoms with Gasteiger partial charge >= 0.3 is 5.97 Å². The summed E-state index contributed by atoms with van der Waals surface area (Å²) in [6.45, 7) is 0. The van der Waals surface area contributed by atoms with Crippen molar-refractivity contribution in [2.45, 2.75) is 43.4 Å². The Morgan fingerprint density at radius 2 is 1.65 bits per heavy atom. The minimum Gasteiger partial charge on any atom is -0.480 e. The maximum absolute atomic E-state index is 13.0. The third-order valence-electron chi connectivity index (χ3n) is 5.53. The highest BCUT2D eigenvalue weighted by atomic mass is 32.2. The molecule has 4 unspecified atom stereocenters. The van der Waals surface area contributed by atoms with Crippen molar-refractivity contribution in [1.29, 1.82) is 0 Å². The van der Waals surface area contributed by atoms with E-state index >= 15 is 0 Å². The third kappa shape index (κ3) is 8.98. The summed E-state index contributed by atoms with van der Waals surface area (Å²) in [5.41, 5.74) is 13.1. The molecule has 0 aliphatic rings. The van der Waals surface area contributed by atoms with Crippen molar-refractivity contribution in [3.63, 3.8) is 0 Å². The number of thiol groups is 1. The largest absolute Gasteiger partial charge is 0.480 e. The first kappa shape index (κ1) is 30.0. The van der Waals surface area contributed by atoms with E-state index in [2.05, 4.69) is 33.6 Å². The van der Waals surface area contributed by atoms with Crippen LogP contribution in [0.4, 0.5) is 0 Å². The van der Waals surface area contributed by atoms with Crippen LogP contribution in [-0.4, -0.2) is 81.6 Å². The number of thioether (sulfide) groups is 1. The molecular weight excluding hydrogens is 520 g/mol. The lowest BCUT2D eigenvalue weighted by molar-refractivity contribution is -0.141. The minimum atomic E-state index is -1.44. The van der Waals surface area contributed by atoms with E-state index < -0.39 is 60.2 Å². The number of carboxylic acid groups (broad SMARTS) is 1. The zero-order chi connectivity index (χ0) is 27.5. The molecule has 0 radical (unpaired) electrons. The Balaban J connectivity index is 2.11. The number of fused-ring (bicyclic) bond motifs is 1. The van der Waals surface area contributed by atoms with Crippen LogP contribution in [0.5, 0.6) is 0 Å². The second-order valence-corrected chi connectivity index (χ2v) is 9.68. The fourth-order valence-electron chi connectivity index (χ4n) is 3.55. The lowest BCUT2D eigenvalue weighted by atomic mass is 10.0. The Morgan fingerprint density at radius 1 is 1.03 bits per heavy atom. The molecule has 37 heavy (non-hydrogen) atoms. The highest BCUT2D eigenvalue weighted by Crippen LogP contribution is 2.18. The number of rotatable bonds is 15. The predicted molar refractivity (Wildman–Crippen MR) is 144 cm³/mol. The van der Waals surface area contributed by atoms with Crippen LogP contribution in [0.15, 0.2) is 30.5 Å². The second-order valence-electron chi connectivity index (χ2n) is 8.33. The fraction of sp³-hybridized carbons (Fsp3) is 0.435. The fourth-order valence-corrected chi connectivity index (χ4v) is 4.27. The number of aromatic nitrogens is 1. The van der Waals surface area contributed by atoms with E-state index in [-0.39, 0.29) is 18.6 Å². The summed E-state index contributed by atoms with van der Waals surface area (Å²) in [5.74, 6) is -4.14. The second kappa shape index (κ2) is 14.5. The summed E-state index contributed by atoms with van der Waals surface area (Å²) < 4.78 is 0. The normalized spacial score (nSPS) is 14.2. The number of H-pyrrole nitrogens is 1. The Morgan fingerprint density at radius 3 is 2.27 bits per heavy atom. The van der Waals surface area contributed by atoms with Gasteiger partial charge in [-0.3, -0.25) is 19.2 Å². The van der Waals surface area contributed by atoms with Crippen molar-refractivity contribution in [1.82, 2.24) is 20.9 Å². The number of para-hydroxylation sites is 1. The Kier molecular flexibility index (Phi) is 11.8. The molecule has 2 rings (SSSR count). The number of carboxylic acids is 1. The predicted octanol–water partition coefficient (Wildman–Crippen LogP) is -0.865. The SMILES string of the molecule is CSCCC(NC(=O)C(N)Cc1c[nH]c2ccccc12)C(=O)NC(CC(N)=O)C(=O)NC(CS)C(=O)O. The van der Waals surface area contributed by atoms with Crippen LogP contribution in [-0.2, 0) is 30.4 Å². The third-order valence-corrected chi connectivity index (χ3v) is 6.54. The number of aliphatic carboxylic acids is 1. The molecule has 0 saturated heterocycles. The highest BCUT2D eigenvalue weighted by Gasteiger charge is 2.31. The van der Waals surface area contributed by atoms with Gasteiger partial charge in [0, 0.05) is 22.9 Å². The van der Waals surface area contributed by atoms with Crippen LogP contribution < -0.4 is 27.4 Å². The van der Waals surface area contributed by atoms with Gasteiger partial charge in [0.05, 0.1) is 12.5 Å². The molecule has 202 valence electrons. The molecule has 0 aliphatic carbocycles. The lowest BCUT2D eigenvalue weighted by Gasteiger charge is -2.24. The van der Waals surface area contributed by atoms with Gasteiger partial charge in [0.25, 0.3) is 0 Å². The number of nitrogens with two attached hydrogens (primary N) is 2. The Bertz CT molecular complexity index is 1130. The highest BCUT2D eigenvalue weighted by molar-refractivity contribution is 7.98. The minimum absolute atomic E-state index is 0.209. The molecule has 12 nitrogen and oxygen atoms in total. The number of nitrogens with one attached hydrogen (secondary N) is 4. The molecule has 1 heterocycles. The Labute approximate surface area is 223 Å². The van der Waals surface area contributed by atoms with Gasteiger partial charge in [-0.15, -0.1) is 0 Å². The van der Waals surface area contributed by atoms with Gasteiger partial charge < -0.3 is 37.5 Å². The van der Waals surface area contributed by atoms with E-state index in [1.165, 1.54) is 11.8 Å². The number of hydrogen-bond donors (Lipinski definition) is 8. The van der Waals surface area contributed by atoms with E-state index in [0.29, 0.717) is 5.75 Å². The molecule has 0 fully saturated rings. The number of aromatic amines is 1. The summed E-state index contributed by atoms with van der Waals surface area (Å²) in [5, 5.41) is 17.3. The first-order chi connectivity index (χ1) is 17.6. The topological polar surface area (TPSA) is 209 Å². The summed E-state index contributed by atoms with van der Waals surface area (Å²) in [6, 6.07) is 2.78. The number of primary amides is 1. The average molecular weight is 553 g/mol. The molecular formula is C23H32N6O6S2. The molecule has 0 aliphatic heterocycles. The number of carbonyl (C=O) groups is 5. The molecule has 1 aromatic heterocycles. The first-order valence-corrected chi connectivity index (χ1v) is 13.4. The van der Waals surface area contributed by atoms with Crippen molar-refractivity contribution in [2.24, 2.45) is 11.5 Å². The van der Waals surface area contributed by atoms with Gasteiger partial charge in [-0.25, -0.2) is 4.79 Å². The maximum atomic E-state index is 13.0. The molecule has 9 N–H and O–H groups in total. The van der Waals surface area contributed by atoms with Crippen molar-refractivity contribution < 1.29 is 29.1 Å². The molecule has 0 saturated carbocycles. The van der Waals surface area contributed by atoms with Crippen LogP contribution in [0.1, 0.15) is 18.4 Å². The van der Waals surface area contributed by atoms with Gasteiger partial charge in [-0.05, 0) is 36.5 Å². The maximum Gasteiger partial charge on any atom is 0.327 e. The van der Waals surface area contributed by atoms with Crippen LogP contribution >= 0.6 is 24.4 Å². The average Bonchev–Trinajstić information content (AvgIpc) is 3.26. The van der Waals surface area contributed by atoms with Gasteiger partial charge in [-0.2, -0.15) is 24.4 Å². The molecule has 1 aromatic carbocycles. The zero-order valence-corrected chi connectivity index (χ0v) is 21.9. The van der Waals surface area contributed by atoms with Gasteiger partial charge in [0.2, 0.25) is 23.6 Å². The zero-order valence-electron chi connectivity index (χ0n) is 20.2. The lowest BCUT2D eigenvalue weighted by Crippen LogP contribution is -2.58. The molecule has 14 heteroatoms. The van der Waals surface area contributed by atoms with Crippen LogP contribution in [0.3, 0.4) is 0 Å². The Hall–Kier alpha value is -3.23. The van der Waals surface area contributed by atoms with Gasteiger partial charge in [0.15, 0.2) is 0 Å². The monoisotopic (exact) mass is 552 g/mol. The molecule has 4 amide bonds. The molecule has 2 aromatic rings. The van der Waals surface area contributed by atoms with Crippen molar-refractivity contribution >= 4 is 64.9 Å². The van der Waals surface area contributed by atoms with Crippen molar-refractivity contribution in [3.8, 4) is 0 Å². The van der Waals surface area contributed by atoms with E-state index in [1.807, 2.05) is 30.5 Å². The van der Waals surface area contributed by atoms with E-state index in [1.54, 1.807) is 6.20 Å². The van der Waals surface area contributed by atoms with E-state index in [9.17, 15) is 24.0 Å². The van der Waals surface area contributed by atoms with Crippen molar-refractivity contribution in [2.75, 3.05) is 17.8 Å². The quantitative estimate of drug-likeness (QED) is 0.130. The first-order valence-electron chi connectivity index (χ1n) is 11.4. The van der Waals surface area contributed by atoms with Crippen LogP contribution in [0.2, 0.25) is 0 Å². The van der Waals surface area contributed by atoms with Crippen LogP contribution in [0.25, 0.3) is 10.9 Å². The standard InChI is InChI=1S/C23H32N6O6S2/c1-37-7-6-16(21(32)28-17(9-19(25)30)22(33)29-18(11-36)23(34)35)27-20(31)14(24)8-12-10-26-15-5-3-2-4-13(12)15/h2-5,10,14,16-18,26,36H,6-9,11,24H2,1H3,(H2,25,30)(H,27,31)(H,28,32)(H,29,33)(H,34,35). The van der Waals surface area contributed by atoms with Gasteiger partial charge in [0.1, 0.15) is 18.1 Å². The number of amides is 4. The van der Waals surface area contributed by atoms with Crippen molar-refractivity contribution in [3.05, 3.63) is 36.0 Å². The molecule has 0 bridgehead atoms. The summed E-state index contributed by atoms with van der Waals surface area (Å²) in [7, 11) is 0. The number of hydrogen-bond acceptors (Lipinski definition) is 8. The number of carbonyl (C=O) groups excluding carboxylic acids is 4. The van der Waals surface area contributed by atoms with E-state index in [0.717, 1.165) is 16.5 Å². The summed E-state index contributed by atoms with van der Waals surface area (Å²) in [6.07, 6.45) is 3.47. The smallest absolute Gasteiger partial charge is 0.327 e. The summed E-state index contributed by atoms with van der Waals surface area (Å²) >= 11 is 5.32. The molecule has 4 atom stereocenters. The summed E-state index contributed by atoms with van der Waals surface area (Å²) in [4.78, 5) is 64.4. The van der Waals surface area contributed by atoms with Crippen LogP contribution in [0, 0.1) is 0 Å². The van der Waals surface area contributed by atoms with Gasteiger partial charge in [-0.1, -0.05) is 18.2 Å².